The van der Waals surface area contributed by atoms with E-state index in [1.807, 2.05) is 87.5 Å². The molecule has 0 spiro atoms. The molecule has 3 rings (SSSR count). The Bertz CT molecular complexity index is 1190. The number of aliphatic hydroxyl groups excluding tert-OH is 1. The molecule has 0 fully saturated rings. The minimum Gasteiger partial charge on any atom is -0.491 e. The van der Waals surface area contributed by atoms with Gasteiger partial charge in [-0.1, -0.05) is 48.0 Å². The number of nitrogens with zero attached hydrogens (tertiary/aromatic N) is 1. The topological polar surface area (TPSA) is 83.1 Å². The van der Waals surface area contributed by atoms with Gasteiger partial charge in [-0.15, -0.1) is 0 Å². The monoisotopic (exact) mass is 555 g/mol. The molecule has 0 aliphatic carbocycles. The van der Waals surface area contributed by atoms with Crippen LogP contribution in [0.25, 0.3) is 0 Å². The van der Waals surface area contributed by atoms with Gasteiger partial charge in [0.2, 0.25) is 0 Å². The molecular weight excluding hydrogens is 522 g/mol. The number of nitrogens with one attached hydrogen (secondary N) is 2. The van der Waals surface area contributed by atoms with Crippen LogP contribution in [0.15, 0.2) is 78.9 Å². The van der Waals surface area contributed by atoms with Crippen LogP contribution in [0, 0.1) is 0 Å². The van der Waals surface area contributed by atoms with Crippen LogP contribution in [-0.2, 0) is 11.2 Å². The van der Waals surface area contributed by atoms with E-state index in [1.165, 1.54) is 4.90 Å². The normalized spacial score (nSPS) is 11.8. The molecule has 0 saturated heterocycles. The fraction of sp³-hybridized carbons (Fsp3) is 0.310. The number of rotatable bonds is 10. The Morgan fingerprint density at radius 2 is 1.68 bits per heavy atom. The van der Waals surface area contributed by atoms with Crippen molar-refractivity contribution < 1.29 is 19.4 Å². The third-order valence-electron chi connectivity index (χ3n) is 5.23. The van der Waals surface area contributed by atoms with E-state index in [-0.39, 0.29) is 13.2 Å². The highest BCUT2D eigenvalue weighted by Crippen LogP contribution is 2.17. The molecule has 0 aliphatic heterocycles. The summed E-state index contributed by atoms with van der Waals surface area (Å²) >= 11 is 11.4. The van der Waals surface area contributed by atoms with Gasteiger partial charge in [0.15, 0.2) is 5.11 Å². The molecule has 3 aromatic carbocycles. The first-order chi connectivity index (χ1) is 18.1. The van der Waals surface area contributed by atoms with Gasteiger partial charge in [-0.05, 0) is 87.4 Å². The van der Waals surface area contributed by atoms with Gasteiger partial charge in [-0.25, -0.2) is 4.79 Å². The van der Waals surface area contributed by atoms with Gasteiger partial charge < -0.3 is 30.1 Å². The van der Waals surface area contributed by atoms with E-state index in [1.54, 1.807) is 12.1 Å². The summed E-state index contributed by atoms with van der Waals surface area (Å²) in [7, 11) is 0. The van der Waals surface area contributed by atoms with Crippen LogP contribution in [0.3, 0.4) is 0 Å². The van der Waals surface area contributed by atoms with Crippen molar-refractivity contribution >= 4 is 46.4 Å². The zero-order valence-electron chi connectivity index (χ0n) is 21.8. The van der Waals surface area contributed by atoms with E-state index in [4.69, 9.17) is 33.3 Å². The van der Waals surface area contributed by atoms with Crippen molar-refractivity contribution in [2.24, 2.45) is 0 Å². The van der Waals surface area contributed by atoms with Crippen molar-refractivity contribution in [2.75, 3.05) is 30.3 Å². The Labute approximate surface area is 234 Å². The van der Waals surface area contributed by atoms with Crippen LogP contribution in [0.5, 0.6) is 5.75 Å². The maximum absolute atomic E-state index is 12.8. The number of thiocarbonyl (C=S) groups is 1. The predicted octanol–water partition coefficient (Wildman–Crippen LogP) is 6.37. The second kappa shape index (κ2) is 14.0. The molecule has 0 unspecified atom stereocenters. The van der Waals surface area contributed by atoms with E-state index in [0.717, 1.165) is 16.9 Å². The van der Waals surface area contributed by atoms with Crippen molar-refractivity contribution in [3.05, 3.63) is 89.4 Å². The Morgan fingerprint density at radius 1 is 1.00 bits per heavy atom. The van der Waals surface area contributed by atoms with E-state index in [2.05, 4.69) is 10.6 Å². The van der Waals surface area contributed by atoms with Crippen molar-refractivity contribution in [1.82, 2.24) is 4.90 Å². The van der Waals surface area contributed by atoms with E-state index in [9.17, 15) is 9.90 Å². The fourth-order valence-electron chi connectivity index (χ4n) is 3.48. The summed E-state index contributed by atoms with van der Waals surface area (Å²) in [5, 5.41) is 17.9. The molecule has 0 bridgehead atoms. The number of amides is 1. The number of ether oxygens (including phenoxy) is 2. The van der Waals surface area contributed by atoms with Crippen LogP contribution >= 0.6 is 23.8 Å². The summed E-state index contributed by atoms with van der Waals surface area (Å²) in [6, 6.07) is 24.3. The number of benzene rings is 3. The average Bonchev–Trinajstić information content (AvgIpc) is 2.85. The molecule has 202 valence electrons. The van der Waals surface area contributed by atoms with Crippen LogP contribution in [0.1, 0.15) is 26.3 Å². The lowest BCUT2D eigenvalue weighted by Gasteiger charge is -2.29. The minimum absolute atomic E-state index is 0.0623. The van der Waals surface area contributed by atoms with Gasteiger partial charge in [-0.2, -0.15) is 0 Å². The number of anilines is 2. The molecule has 1 atom stereocenters. The number of carbonyl (C=O) groups is 1. The van der Waals surface area contributed by atoms with Gasteiger partial charge in [0.1, 0.15) is 24.1 Å². The highest BCUT2D eigenvalue weighted by Gasteiger charge is 2.24. The fourth-order valence-corrected chi connectivity index (χ4v) is 3.90. The molecule has 7 nitrogen and oxygen atoms in total. The Kier molecular flexibility index (Phi) is 10.8. The number of para-hydroxylation sites is 1. The smallest absolute Gasteiger partial charge is 0.410 e. The molecular formula is C29H34ClN3O4S. The molecule has 9 heteroatoms. The van der Waals surface area contributed by atoms with E-state index in [0.29, 0.717) is 28.9 Å². The summed E-state index contributed by atoms with van der Waals surface area (Å²) in [5.41, 5.74) is 2.00. The highest BCUT2D eigenvalue weighted by atomic mass is 35.5. The second-order valence-corrected chi connectivity index (χ2v) is 10.6. The van der Waals surface area contributed by atoms with Crippen LogP contribution in [-0.4, -0.2) is 52.6 Å². The first-order valence-corrected chi connectivity index (χ1v) is 13.1. The molecule has 0 aliphatic rings. The summed E-state index contributed by atoms with van der Waals surface area (Å²) in [6.45, 7) is 5.97. The summed E-state index contributed by atoms with van der Waals surface area (Å²) in [5.74, 6) is 0.659. The maximum atomic E-state index is 12.8. The summed E-state index contributed by atoms with van der Waals surface area (Å²) in [6.07, 6.45) is -0.772. The Balaban J connectivity index is 1.55. The second-order valence-electron chi connectivity index (χ2n) is 9.74. The van der Waals surface area contributed by atoms with E-state index >= 15 is 0 Å². The number of hydrogen-bond donors (Lipinski definition) is 3. The summed E-state index contributed by atoms with van der Waals surface area (Å²) < 4.78 is 11.2. The van der Waals surface area contributed by atoms with E-state index < -0.39 is 17.8 Å². The van der Waals surface area contributed by atoms with Crippen molar-refractivity contribution in [1.29, 1.82) is 0 Å². The standard InChI is InChI=1S/C29H34ClN3O4S/c1-29(2,3)37-28(35)33(19-25(34)20-36-26-10-5-4-6-11-26)17-16-21-12-14-23(15-13-21)31-27(38)32-24-9-7-8-22(30)18-24/h4-15,18,25,34H,16-17,19-20H2,1-3H3,(H2,31,32,38)/t25-/m0/s1. The molecule has 1 amide bonds. The average molecular weight is 556 g/mol. The molecule has 0 aromatic heterocycles. The van der Waals surface area contributed by atoms with Crippen molar-refractivity contribution in [2.45, 2.75) is 38.9 Å². The first kappa shape index (κ1) is 29.2. The number of halogens is 1. The van der Waals surface area contributed by atoms with Gasteiger partial charge in [0.05, 0.1) is 6.54 Å². The number of hydrogen-bond acceptors (Lipinski definition) is 5. The molecule has 3 aromatic rings. The van der Waals surface area contributed by atoms with Crippen molar-refractivity contribution in [3.63, 3.8) is 0 Å². The minimum atomic E-state index is -0.873. The maximum Gasteiger partial charge on any atom is 0.410 e. The largest absolute Gasteiger partial charge is 0.491 e. The lowest BCUT2D eigenvalue weighted by Crippen LogP contribution is -2.43. The van der Waals surface area contributed by atoms with Crippen LogP contribution in [0.2, 0.25) is 5.02 Å². The molecule has 3 N–H and O–H groups in total. The third kappa shape index (κ3) is 10.6. The lowest BCUT2D eigenvalue weighted by atomic mass is 10.1. The lowest BCUT2D eigenvalue weighted by molar-refractivity contribution is 0.00945. The zero-order valence-corrected chi connectivity index (χ0v) is 23.4. The Morgan fingerprint density at radius 3 is 2.34 bits per heavy atom. The highest BCUT2D eigenvalue weighted by molar-refractivity contribution is 7.80. The van der Waals surface area contributed by atoms with Gasteiger partial charge >= 0.3 is 6.09 Å². The van der Waals surface area contributed by atoms with Gasteiger partial charge in [0, 0.05) is 22.9 Å². The first-order valence-electron chi connectivity index (χ1n) is 12.3. The molecule has 0 radical (unpaired) electrons. The van der Waals surface area contributed by atoms with Crippen LogP contribution in [0.4, 0.5) is 16.2 Å². The number of aliphatic hydroxyl groups is 1. The van der Waals surface area contributed by atoms with Gasteiger partial charge in [-0.3, -0.25) is 0 Å². The third-order valence-corrected chi connectivity index (χ3v) is 5.67. The number of carbonyl (C=O) groups excluding carboxylic acids is 1. The SMILES string of the molecule is CC(C)(C)OC(=O)N(CCc1ccc(NC(=S)Nc2cccc(Cl)c2)cc1)C[C@H](O)COc1ccccc1. The molecule has 38 heavy (non-hydrogen) atoms. The zero-order chi connectivity index (χ0) is 27.5. The quantitative estimate of drug-likeness (QED) is 0.251. The Hall–Kier alpha value is -3.33. The van der Waals surface area contributed by atoms with Gasteiger partial charge in [0.25, 0.3) is 0 Å². The summed E-state index contributed by atoms with van der Waals surface area (Å²) in [4.78, 5) is 14.4. The van der Waals surface area contributed by atoms with Crippen LogP contribution < -0.4 is 15.4 Å². The molecule has 0 saturated carbocycles. The predicted molar refractivity (Wildman–Crippen MR) is 157 cm³/mol. The van der Waals surface area contributed by atoms with Crippen molar-refractivity contribution in [3.8, 4) is 5.75 Å². The molecule has 0 heterocycles.